The fourth-order valence-corrected chi connectivity index (χ4v) is 1.04. The summed E-state index contributed by atoms with van der Waals surface area (Å²) in [5, 5.41) is 0. The molecule has 0 aliphatic carbocycles. The predicted octanol–water partition coefficient (Wildman–Crippen LogP) is 2.07. The van der Waals surface area contributed by atoms with Crippen molar-refractivity contribution in [1.29, 1.82) is 0 Å². The molecule has 0 bridgehead atoms. The second-order valence-corrected chi connectivity index (χ2v) is 3.18. The molecule has 13 heavy (non-hydrogen) atoms. The van der Waals surface area contributed by atoms with E-state index >= 15 is 0 Å². The van der Waals surface area contributed by atoms with E-state index in [2.05, 4.69) is 0 Å². The van der Waals surface area contributed by atoms with Gasteiger partial charge in [-0.05, 0) is 26.8 Å². The van der Waals surface area contributed by atoms with Gasteiger partial charge in [-0.1, -0.05) is 0 Å². The highest BCUT2D eigenvalue weighted by atomic mass is 16.5. The number of ether oxygens (including phenoxy) is 1. The van der Waals surface area contributed by atoms with E-state index < -0.39 is 0 Å². The summed E-state index contributed by atoms with van der Waals surface area (Å²) in [6.45, 7) is 6.58. The summed E-state index contributed by atoms with van der Waals surface area (Å²) in [6.07, 6.45) is 3.61. The lowest BCUT2D eigenvalue weighted by molar-refractivity contribution is 0.0378. The third-order valence-corrected chi connectivity index (χ3v) is 1.69. The zero-order chi connectivity index (χ0) is 9.84. The molecule has 0 aromatic carbocycles. The Morgan fingerprint density at radius 2 is 2.31 bits per heavy atom. The van der Waals surface area contributed by atoms with E-state index in [4.69, 9.17) is 4.74 Å². The molecule has 0 aliphatic rings. The van der Waals surface area contributed by atoms with Crippen molar-refractivity contribution in [1.82, 2.24) is 4.57 Å². The van der Waals surface area contributed by atoms with Crippen LogP contribution in [0.4, 0.5) is 0 Å². The van der Waals surface area contributed by atoms with Gasteiger partial charge in [0.05, 0.1) is 11.7 Å². The van der Waals surface area contributed by atoms with E-state index in [9.17, 15) is 4.79 Å². The van der Waals surface area contributed by atoms with Crippen LogP contribution in [0, 0.1) is 0 Å². The van der Waals surface area contributed by atoms with Crippen LogP contribution >= 0.6 is 0 Å². The summed E-state index contributed by atoms with van der Waals surface area (Å²) in [4.78, 5) is 11.3. The van der Waals surface area contributed by atoms with Crippen LogP contribution in [0.2, 0.25) is 0 Å². The molecule has 1 heterocycles. The van der Waals surface area contributed by atoms with Gasteiger partial charge in [0.15, 0.2) is 0 Å². The summed E-state index contributed by atoms with van der Waals surface area (Å²) in [6, 6.07) is 1.77. The quantitative estimate of drug-likeness (QED) is 0.668. The maximum Gasteiger partial charge on any atom is 0.339 e. The molecule has 3 heteroatoms. The molecule has 0 N–H and O–H groups in total. The third-order valence-electron chi connectivity index (χ3n) is 1.69. The highest BCUT2D eigenvalue weighted by molar-refractivity contribution is 5.89. The van der Waals surface area contributed by atoms with Gasteiger partial charge < -0.3 is 9.30 Å². The zero-order valence-corrected chi connectivity index (χ0v) is 8.28. The Balaban J connectivity index is 2.66. The van der Waals surface area contributed by atoms with Crippen LogP contribution in [0.5, 0.6) is 0 Å². The van der Waals surface area contributed by atoms with Crippen molar-refractivity contribution in [2.24, 2.45) is 0 Å². The number of hydrogen-bond donors (Lipinski definition) is 0. The van der Waals surface area contributed by atoms with Crippen LogP contribution in [0.15, 0.2) is 18.5 Å². The lowest BCUT2D eigenvalue weighted by Gasteiger charge is -2.05. The number of carbonyl (C=O) groups excluding carboxylic acids is 1. The largest absolute Gasteiger partial charge is 0.459 e. The SMILES string of the molecule is CCn1ccc(C(=O)OC(C)C)c1. The maximum absolute atomic E-state index is 11.3. The first-order valence-corrected chi connectivity index (χ1v) is 4.50. The monoisotopic (exact) mass is 181 g/mol. The molecule has 0 radical (unpaired) electrons. The first-order chi connectivity index (χ1) is 6.13. The van der Waals surface area contributed by atoms with Gasteiger partial charge in [0.25, 0.3) is 0 Å². The van der Waals surface area contributed by atoms with E-state index in [1.54, 1.807) is 12.3 Å². The minimum absolute atomic E-state index is 0.0579. The number of hydrogen-bond acceptors (Lipinski definition) is 2. The van der Waals surface area contributed by atoms with Gasteiger partial charge in [0, 0.05) is 18.9 Å². The Labute approximate surface area is 78.3 Å². The molecular weight excluding hydrogens is 166 g/mol. The summed E-state index contributed by atoms with van der Waals surface area (Å²) < 4.78 is 6.98. The van der Waals surface area contributed by atoms with Gasteiger partial charge in [-0.3, -0.25) is 0 Å². The molecule has 72 valence electrons. The van der Waals surface area contributed by atoms with Crippen molar-refractivity contribution in [3.63, 3.8) is 0 Å². The van der Waals surface area contributed by atoms with E-state index in [0.717, 1.165) is 6.54 Å². The van der Waals surface area contributed by atoms with Crippen LogP contribution in [0.25, 0.3) is 0 Å². The van der Waals surface area contributed by atoms with Crippen LogP contribution in [0.3, 0.4) is 0 Å². The van der Waals surface area contributed by atoms with Crippen LogP contribution in [-0.2, 0) is 11.3 Å². The lowest BCUT2D eigenvalue weighted by atomic mass is 10.3. The summed E-state index contributed by atoms with van der Waals surface area (Å²) in [5.41, 5.74) is 0.621. The van der Waals surface area contributed by atoms with Crippen LogP contribution < -0.4 is 0 Å². The van der Waals surface area contributed by atoms with Crippen molar-refractivity contribution < 1.29 is 9.53 Å². The molecule has 0 spiro atoms. The van der Waals surface area contributed by atoms with Crippen molar-refractivity contribution in [3.05, 3.63) is 24.0 Å². The summed E-state index contributed by atoms with van der Waals surface area (Å²) in [7, 11) is 0. The number of esters is 1. The van der Waals surface area contributed by atoms with Gasteiger partial charge in [-0.15, -0.1) is 0 Å². The maximum atomic E-state index is 11.3. The van der Waals surface area contributed by atoms with Gasteiger partial charge >= 0.3 is 5.97 Å². The Hall–Kier alpha value is -1.25. The Morgan fingerprint density at radius 1 is 1.62 bits per heavy atom. The molecule has 0 saturated heterocycles. The lowest BCUT2D eigenvalue weighted by Crippen LogP contribution is -2.10. The van der Waals surface area contributed by atoms with E-state index in [1.165, 1.54) is 0 Å². The highest BCUT2D eigenvalue weighted by Crippen LogP contribution is 2.05. The first kappa shape index (κ1) is 9.84. The predicted molar refractivity (Wildman–Crippen MR) is 50.7 cm³/mol. The molecule has 0 amide bonds. The van der Waals surface area contributed by atoms with Crippen molar-refractivity contribution >= 4 is 5.97 Å². The Kier molecular flexibility index (Phi) is 3.12. The van der Waals surface area contributed by atoms with E-state index in [-0.39, 0.29) is 12.1 Å². The van der Waals surface area contributed by atoms with Gasteiger partial charge in [-0.25, -0.2) is 4.79 Å². The molecule has 0 aliphatic heterocycles. The van der Waals surface area contributed by atoms with Gasteiger partial charge in [-0.2, -0.15) is 0 Å². The number of rotatable bonds is 3. The molecule has 0 saturated carbocycles. The third kappa shape index (κ3) is 2.61. The normalized spacial score (nSPS) is 10.5. The Morgan fingerprint density at radius 3 is 2.77 bits per heavy atom. The van der Waals surface area contributed by atoms with E-state index in [0.29, 0.717) is 5.56 Å². The standard InChI is InChI=1S/C10H15NO2/c1-4-11-6-5-9(7-11)10(12)13-8(2)3/h5-8H,4H2,1-3H3. The second kappa shape index (κ2) is 4.12. The van der Waals surface area contributed by atoms with Crippen molar-refractivity contribution in [2.75, 3.05) is 0 Å². The summed E-state index contributed by atoms with van der Waals surface area (Å²) >= 11 is 0. The van der Waals surface area contributed by atoms with Crippen molar-refractivity contribution in [3.8, 4) is 0 Å². The first-order valence-electron chi connectivity index (χ1n) is 4.50. The minimum Gasteiger partial charge on any atom is -0.459 e. The summed E-state index contributed by atoms with van der Waals surface area (Å²) in [5.74, 6) is -0.248. The number of nitrogens with zero attached hydrogens (tertiary/aromatic N) is 1. The smallest absolute Gasteiger partial charge is 0.339 e. The zero-order valence-electron chi connectivity index (χ0n) is 8.28. The Bertz CT molecular complexity index is 289. The molecule has 0 fully saturated rings. The fraction of sp³-hybridized carbons (Fsp3) is 0.500. The topological polar surface area (TPSA) is 31.2 Å². The van der Waals surface area contributed by atoms with E-state index in [1.807, 2.05) is 31.5 Å². The molecule has 1 aromatic heterocycles. The average molecular weight is 181 g/mol. The van der Waals surface area contributed by atoms with Crippen LogP contribution in [-0.4, -0.2) is 16.6 Å². The molecule has 0 unspecified atom stereocenters. The number of aryl methyl sites for hydroxylation is 1. The average Bonchev–Trinajstić information content (AvgIpc) is 2.50. The number of aromatic nitrogens is 1. The highest BCUT2D eigenvalue weighted by Gasteiger charge is 2.09. The van der Waals surface area contributed by atoms with Gasteiger partial charge in [0.2, 0.25) is 0 Å². The van der Waals surface area contributed by atoms with Crippen molar-refractivity contribution in [2.45, 2.75) is 33.4 Å². The van der Waals surface area contributed by atoms with Crippen LogP contribution in [0.1, 0.15) is 31.1 Å². The molecule has 3 nitrogen and oxygen atoms in total. The van der Waals surface area contributed by atoms with Gasteiger partial charge in [0.1, 0.15) is 0 Å². The number of carbonyl (C=O) groups is 1. The molecule has 1 rings (SSSR count). The molecule has 1 aromatic rings. The molecular formula is C10H15NO2. The fourth-order valence-electron chi connectivity index (χ4n) is 1.04. The minimum atomic E-state index is -0.248. The molecule has 0 atom stereocenters. The second-order valence-electron chi connectivity index (χ2n) is 3.18.